The van der Waals surface area contributed by atoms with E-state index in [-0.39, 0.29) is 17.9 Å². The summed E-state index contributed by atoms with van der Waals surface area (Å²) in [4.78, 5) is 11.7. The molecule has 2 rings (SSSR count). The maximum Gasteiger partial charge on any atom is 0.223 e. The number of nitrogens with one attached hydrogen (secondary N) is 1. The van der Waals surface area contributed by atoms with E-state index in [2.05, 4.69) is 19.2 Å². The lowest BCUT2D eigenvalue weighted by Gasteiger charge is -2.19. The lowest BCUT2D eigenvalue weighted by Crippen LogP contribution is -2.32. The highest BCUT2D eigenvalue weighted by molar-refractivity contribution is 5.79. The molecule has 0 aromatic heterocycles. The topological polar surface area (TPSA) is 49.3 Å². The Hall–Kier alpha value is -0.570. The van der Waals surface area contributed by atoms with E-state index in [4.69, 9.17) is 0 Å². The minimum absolute atomic E-state index is 0.0718. The molecule has 2 aliphatic rings. The molecule has 0 aliphatic heterocycles. The van der Waals surface area contributed by atoms with Gasteiger partial charge in [0.15, 0.2) is 0 Å². The fourth-order valence-corrected chi connectivity index (χ4v) is 2.96. The second-order valence-corrected chi connectivity index (χ2v) is 5.41. The molecule has 5 unspecified atom stereocenters. The fourth-order valence-electron chi connectivity index (χ4n) is 2.96. The van der Waals surface area contributed by atoms with E-state index in [1.165, 1.54) is 0 Å². The van der Waals surface area contributed by atoms with Crippen molar-refractivity contribution in [3.05, 3.63) is 0 Å². The summed E-state index contributed by atoms with van der Waals surface area (Å²) >= 11 is 0. The van der Waals surface area contributed by atoms with E-state index in [1.54, 1.807) is 7.05 Å². The molecule has 0 heterocycles. The Balaban J connectivity index is 1.93. The van der Waals surface area contributed by atoms with Crippen molar-refractivity contribution in [2.45, 2.75) is 32.8 Å². The van der Waals surface area contributed by atoms with Crippen molar-refractivity contribution in [2.75, 3.05) is 7.05 Å². The third kappa shape index (κ3) is 2.03. The first-order chi connectivity index (χ1) is 7.06. The molecule has 2 N–H and O–H groups in total. The molecule has 2 fully saturated rings. The molecule has 2 saturated carbocycles. The molecule has 0 aromatic carbocycles. The van der Waals surface area contributed by atoms with Crippen LogP contribution in [0, 0.1) is 29.6 Å². The van der Waals surface area contributed by atoms with E-state index < -0.39 is 0 Å². The zero-order valence-electron chi connectivity index (χ0n) is 9.73. The SMILES string of the molecule is CNC(=O)C(C(C)C)C1CC1C1CC1O. The summed E-state index contributed by atoms with van der Waals surface area (Å²) in [5.74, 6) is 2.36. The van der Waals surface area contributed by atoms with Gasteiger partial charge in [0.05, 0.1) is 6.10 Å². The van der Waals surface area contributed by atoms with Gasteiger partial charge in [0.2, 0.25) is 5.91 Å². The average molecular weight is 211 g/mol. The van der Waals surface area contributed by atoms with Crippen LogP contribution < -0.4 is 5.32 Å². The van der Waals surface area contributed by atoms with Crippen LogP contribution in [0.2, 0.25) is 0 Å². The molecule has 0 bridgehead atoms. The van der Waals surface area contributed by atoms with Crippen LogP contribution in [0.3, 0.4) is 0 Å². The van der Waals surface area contributed by atoms with Gasteiger partial charge >= 0.3 is 0 Å². The third-order valence-electron chi connectivity index (χ3n) is 3.97. The van der Waals surface area contributed by atoms with Crippen LogP contribution in [0.1, 0.15) is 26.7 Å². The average Bonchev–Trinajstić information content (AvgIpc) is 3.02. The van der Waals surface area contributed by atoms with Gasteiger partial charge < -0.3 is 10.4 Å². The second kappa shape index (κ2) is 3.78. The third-order valence-corrected chi connectivity index (χ3v) is 3.97. The van der Waals surface area contributed by atoms with Gasteiger partial charge in [-0.3, -0.25) is 4.79 Å². The Morgan fingerprint density at radius 3 is 2.33 bits per heavy atom. The molecular formula is C12H21NO2. The van der Waals surface area contributed by atoms with Gasteiger partial charge in [-0.2, -0.15) is 0 Å². The standard InChI is InChI=1S/C12H21NO2/c1-6(2)11(12(15)13-3)9-4-7(9)8-5-10(8)14/h6-11,14H,4-5H2,1-3H3,(H,13,15). The number of rotatable bonds is 4. The Labute approximate surface area is 91.2 Å². The Bertz CT molecular complexity index is 264. The van der Waals surface area contributed by atoms with Crippen molar-refractivity contribution in [3.8, 4) is 0 Å². The van der Waals surface area contributed by atoms with Gasteiger partial charge in [0.1, 0.15) is 0 Å². The highest BCUT2D eigenvalue weighted by Crippen LogP contribution is 2.58. The smallest absolute Gasteiger partial charge is 0.223 e. The molecule has 0 spiro atoms. The number of hydrogen-bond acceptors (Lipinski definition) is 2. The predicted octanol–water partition coefficient (Wildman–Crippen LogP) is 1.02. The molecule has 1 amide bonds. The number of carbonyl (C=O) groups is 1. The van der Waals surface area contributed by atoms with Crippen molar-refractivity contribution in [3.63, 3.8) is 0 Å². The van der Waals surface area contributed by atoms with Crippen LogP contribution in [-0.4, -0.2) is 24.2 Å². The van der Waals surface area contributed by atoms with Crippen LogP contribution in [0.4, 0.5) is 0 Å². The van der Waals surface area contributed by atoms with Crippen molar-refractivity contribution < 1.29 is 9.90 Å². The van der Waals surface area contributed by atoms with Gasteiger partial charge in [-0.25, -0.2) is 0 Å². The molecule has 0 radical (unpaired) electrons. The van der Waals surface area contributed by atoms with E-state index >= 15 is 0 Å². The number of amides is 1. The van der Waals surface area contributed by atoms with Crippen LogP contribution in [-0.2, 0) is 4.79 Å². The van der Waals surface area contributed by atoms with Gasteiger partial charge in [-0.1, -0.05) is 13.8 Å². The summed E-state index contributed by atoms with van der Waals surface area (Å²) < 4.78 is 0. The molecule has 86 valence electrons. The van der Waals surface area contributed by atoms with Gasteiger partial charge in [0.25, 0.3) is 0 Å². The van der Waals surface area contributed by atoms with Crippen LogP contribution in [0.15, 0.2) is 0 Å². The van der Waals surface area contributed by atoms with E-state index in [0.717, 1.165) is 12.8 Å². The van der Waals surface area contributed by atoms with Crippen LogP contribution in [0.5, 0.6) is 0 Å². The molecule has 3 heteroatoms. The van der Waals surface area contributed by atoms with Gasteiger partial charge in [-0.05, 0) is 36.5 Å². The minimum Gasteiger partial charge on any atom is -0.393 e. The van der Waals surface area contributed by atoms with Crippen LogP contribution >= 0.6 is 0 Å². The highest BCUT2D eigenvalue weighted by atomic mass is 16.3. The van der Waals surface area contributed by atoms with Gasteiger partial charge in [0, 0.05) is 13.0 Å². The lowest BCUT2D eigenvalue weighted by atomic mass is 9.88. The maximum absolute atomic E-state index is 11.7. The lowest BCUT2D eigenvalue weighted by molar-refractivity contribution is -0.126. The summed E-state index contributed by atoms with van der Waals surface area (Å²) in [5.41, 5.74) is 0. The van der Waals surface area contributed by atoms with Crippen LogP contribution in [0.25, 0.3) is 0 Å². The number of aliphatic hydroxyl groups is 1. The molecule has 5 atom stereocenters. The van der Waals surface area contributed by atoms with Crippen molar-refractivity contribution >= 4 is 5.91 Å². The van der Waals surface area contributed by atoms with E-state index in [0.29, 0.717) is 23.7 Å². The van der Waals surface area contributed by atoms with E-state index in [9.17, 15) is 9.90 Å². The summed E-state index contributed by atoms with van der Waals surface area (Å²) in [6.45, 7) is 4.22. The summed E-state index contributed by atoms with van der Waals surface area (Å²) in [6.07, 6.45) is 2.02. The monoisotopic (exact) mass is 211 g/mol. The van der Waals surface area contributed by atoms with Gasteiger partial charge in [-0.15, -0.1) is 0 Å². The highest BCUT2D eigenvalue weighted by Gasteiger charge is 2.56. The zero-order valence-corrected chi connectivity index (χ0v) is 9.73. The van der Waals surface area contributed by atoms with Crippen molar-refractivity contribution in [1.29, 1.82) is 0 Å². The second-order valence-electron chi connectivity index (χ2n) is 5.41. The van der Waals surface area contributed by atoms with E-state index in [1.807, 2.05) is 0 Å². The summed E-state index contributed by atoms with van der Waals surface area (Å²) in [6, 6.07) is 0. The summed E-state index contributed by atoms with van der Waals surface area (Å²) in [7, 11) is 1.71. The quantitative estimate of drug-likeness (QED) is 0.729. The molecular weight excluding hydrogens is 190 g/mol. The first kappa shape index (κ1) is 10.9. The maximum atomic E-state index is 11.7. The molecule has 3 nitrogen and oxygen atoms in total. The number of carbonyl (C=O) groups excluding carboxylic acids is 1. The molecule has 2 aliphatic carbocycles. The fraction of sp³-hybridized carbons (Fsp3) is 0.917. The molecule has 0 saturated heterocycles. The first-order valence-electron chi connectivity index (χ1n) is 5.96. The predicted molar refractivity (Wildman–Crippen MR) is 58.1 cm³/mol. The Morgan fingerprint density at radius 1 is 1.33 bits per heavy atom. The first-order valence-corrected chi connectivity index (χ1v) is 5.96. The Kier molecular flexibility index (Phi) is 2.75. The number of aliphatic hydroxyl groups excluding tert-OH is 1. The number of hydrogen-bond donors (Lipinski definition) is 2. The molecule has 15 heavy (non-hydrogen) atoms. The Morgan fingerprint density at radius 2 is 1.93 bits per heavy atom. The molecule has 0 aromatic rings. The largest absolute Gasteiger partial charge is 0.393 e. The van der Waals surface area contributed by atoms with Crippen molar-refractivity contribution in [2.24, 2.45) is 29.6 Å². The zero-order chi connectivity index (χ0) is 11.2. The summed E-state index contributed by atoms with van der Waals surface area (Å²) in [5, 5.41) is 12.1. The minimum atomic E-state index is -0.0718. The van der Waals surface area contributed by atoms with Crippen molar-refractivity contribution in [1.82, 2.24) is 5.32 Å². The normalized spacial score (nSPS) is 40.1.